The lowest BCUT2D eigenvalue weighted by atomic mass is 10.0. The van der Waals surface area contributed by atoms with E-state index in [4.69, 9.17) is 4.74 Å². The zero-order valence-corrected chi connectivity index (χ0v) is 17.1. The van der Waals surface area contributed by atoms with Gasteiger partial charge in [-0.1, -0.05) is 66.7 Å². The number of rotatable bonds is 5. The zero-order chi connectivity index (χ0) is 20.9. The molecule has 4 nitrogen and oxygen atoms in total. The molecule has 0 bridgehead atoms. The molecular weight excluding hydrogens is 394 g/mol. The SMILES string of the molecule is COc1ccccc1C(=O)/C=c1\[nH]c(=O)/c(=C\c2ccc(-c3ccccc3)cc2)s1. The van der Waals surface area contributed by atoms with Gasteiger partial charge in [-0.3, -0.25) is 9.59 Å². The highest BCUT2D eigenvalue weighted by Crippen LogP contribution is 2.19. The van der Waals surface area contributed by atoms with Crippen LogP contribution < -0.4 is 19.5 Å². The number of hydrogen-bond acceptors (Lipinski definition) is 4. The molecule has 0 unspecified atom stereocenters. The predicted molar refractivity (Wildman–Crippen MR) is 121 cm³/mol. The summed E-state index contributed by atoms with van der Waals surface area (Å²) in [5.74, 6) is 0.284. The van der Waals surface area contributed by atoms with Crippen molar-refractivity contribution in [2.45, 2.75) is 0 Å². The van der Waals surface area contributed by atoms with E-state index in [2.05, 4.69) is 17.1 Å². The van der Waals surface area contributed by atoms with Crippen LogP contribution in [0.5, 0.6) is 5.75 Å². The summed E-state index contributed by atoms with van der Waals surface area (Å²) in [6.07, 6.45) is 3.25. The second-order valence-corrected chi connectivity index (χ2v) is 7.71. The van der Waals surface area contributed by atoms with E-state index in [1.165, 1.54) is 24.5 Å². The third-order valence-corrected chi connectivity index (χ3v) is 5.59. The molecule has 3 aromatic carbocycles. The molecule has 30 heavy (non-hydrogen) atoms. The summed E-state index contributed by atoms with van der Waals surface area (Å²) >= 11 is 1.25. The first-order valence-electron chi connectivity index (χ1n) is 9.39. The van der Waals surface area contributed by atoms with Crippen molar-refractivity contribution in [2.75, 3.05) is 7.11 Å². The first-order valence-corrected chi connectivity index (χ1v) is 10.2. The molecule has 4 aromatic rings. The molecule has 5 heteroatoms. The van der Waals surface area contributed by atoms with Crippen molar-refractivity contribution in [1.82, 2.24) is 4.98 Å². The molecule has 1 aromatic heterocycles. The highest BCUT2D eigenvalue weighted by atomic mass is 32.1. The minimum atomic E-state index is -0.219. The van der Waals surface area contributed by atoms with Crippen LogP contribution in [0, 0.1) is 0 Å². The number of carbonyl (C=O) groups is 1. The van der Waals surface area contributed by atoms with Gasteiger partial charge in [0.25, 0.3) is 5.56 Å². The van der Waals surface area contributed by atoms with Gasteiger partial charge in [-0.25, -0.2) is 0 Å². The van der Waals surface area contributed by atoms with Crippen molar-refractivity contribution in [3.05, 3.63) is 110 Å². The molecule has 0 atom stereocenters. The lowest BCUT2D eigenvalue weighted by Gasteiger charge is -2.03. The Morgan fingerprint density at radius 1 is 0.900 bits per heavy atom. The van der Waals surface area contributed by atoms with Crippen LogP contribution in [0.4, 0.5) is 0 Å². The normalized spacial score (nSPS) is 12.2. The van der Waals surface area contributed by atoms with E-state index in [-0.39, 0.29) is 11.3 Å². The van der Waals surface area contributed by atoms with Crippen LogP contribution in [0.1, 0.15) is 15.9 Å². The molecule has 0 aliphatic carbocycles. The minimum absolute atomic E-state index is 0.216. The summed E-state index contributed by atoms with van der Waals surface area (Å²) in [7, 11) is 1.52. The summed E-state index contributed by atoms with van der Waals surface area (Å²) in [5, 5.41) is 0. The third-order valence-electron chi connectivity index (χ3n) is 4.63. The summed E-state index contributed by atoms with van der Waals surface area (Å²) in [4.78, 5) is 27.7. The second-order valence-electron chi connectivity index (χ2n) is 6.63. The molecule has 0 aliphatic rings. The summed E-state index contributed by atoms with van der Waals surface area (Å²) in [6.45, 7) is 0. The fraction of sp³-hybridized carbons (Fsp3) is 0.0400. The van der Waals surface area contributed by atoms with E-state index in [1.54, 1.807) is 24.3 Å². The van der Waals surface area contributed by atoms with Gasteiger partial charge in [-0.05, 0) is 34.9 Å². The van der Waals surface area contributed by atoms with Crippen LogP contribution in [0.2, 0.25) is 0 Å². The molecule has 1 N–H and O–H groups in total. The van der Waals surface area contributed by atoms with Crippen molar-refractivity contribution >= 4 is 29.3 Å². The average Bonchev–Trinajstić information content (AvgIpc) is 3.13. The fourth-order valence-corrected chi connectivity index (χ4v) is 4.01. The zero-order valence-electron chi connectivity index (χ0n) is 16.3. The maximum absolute atomic E-state index is 12.6. The predicted octanol–water partition coefficient (Wildman–Crippen LogP) is 3.60. The number of aromatic nitrogens is 1. The number of H-pyrrole nitrogens is 1. The maximum atomic E-state index is 12.6. The lowest BCUT2D eigenvalue weighted by molar-refractivity contribution is 0.105. The van der Waals surface area contributed by atoms with Crippen LogP contribution in [0.25, 0.3) is 23.3 Å². The number of para-hydroxylation sites is 1. The monoisotopic (exact) mass is 413 g/mol. The lowest BCUT2D eigenvalue weighted by Crippen LogP contribution is -2.20. The van der Waals surface area contributed by atoms with E-state index in [9.17, 15) is 9.59 Å². The van der Waals surface area contributed by atoms with Gasteiger partial charge in [0.15, 0.2) is 5.78 Å². The maximum Gasteiger partial charge on any atom is 0.266 e. The Kier molecular flexibility index (Phi) is 5.72. The van der Waals surface area contributed by atoms with Crippen LogP contribution in [-0.2, 0) is 0 Å². The number of thiazole rings is 1. The standard InChI is InChI=1S/C25H19NO3S/c1-29-22-10-6-5-9-20(22)21(27)16-24-26-25(28)23(30-24)15-17-11-13-19(14-12-17)18-7-3-2-4-8-18/h2-16H,1H3,(H,26,28)/b23-15+,24-16+. The molecular formula is C25H19NO3S. The Hall–Kier alpha value is -3.70. The summed E-state index contributed by atoms with van der Waals surface area (Å²) in [6, 6.07) is 25.1. The molecule has 0 spiro atoms. The first kappa shape index (κ1) is 19.6. The molecule has 0 fully saturated rings. The highest BCUT2D eigenvalue weighted by Gasteiger charge is 2.09. The number of methoxy groups -OCH3 is 1. The number of hydrogen-bond donors (Lipinski definition) is 1. The Balaban J connectivity index is 1.64. The van der Waals surface area contributed by atoms with E-state index in [0.29, 0.717) is 20.5 Å². The van der Waals surface area contributed by atoms with Crippen LogP contribution in [0.15, 0.2) is 83.7 Å². The fourth-order valence-electron chi connectivity index (χ4n) is 3.12. The van der Waals surface area contributed by atoms with E-state index in [1.807, 2.05) is 48.5 Å². The van der Waals surface area contributed by atoms with Gasteiger partial charge in [0.05, 0.1) is 21.9 Å². The molecule has 0 amide bonds. The van der Waals surface area contributed by atoms with Crippen LogP contribution >= 0.6 is 11.3 Å². The van der Waals surface area contributed by atoms with Gasteiger partial charge in [0.1, 0.15) is 5.75 Å². The van der Waals surface area contributed by atoms with Crippen molar-refractivity contribution in [2.24, 2.45) is 0 Å². The Labute approximate surface area is 177 Å². The quantitative estimate of drug-likeness (QED) is 0.509. The number of nitrogens with one attached hydrogen (secondary N) is 1. The molecule has 0 saturated heterocycles. The largest absolute Gasteiger partial charge is 0.496 e. The van der Waals surface area contributed by atoms with Crippen molar-refractivity contribution in [3.63, 3.8) is 0 Å². The van der Waals surface area contributed by atoms with Crippen molar-refractivity contribution in [1.29, 1.82) is 0 Å². The number of aromatic amines is 1. The van der Waals surface area contributed by atoms with E-state index in [0.717, 1.165) is 16.7 Å². The minimum Gasteiger partial charge on any atom is -0.496 e. The van der Waals surface area contributed by atoms with Crippen LogP contribution in [-0.4, -0.2) is 17.9 Å². The number of ketones is 1. The molecule has 0 saturated carbocycles. The van der Waals surface area contributed by atoms with E-state index < -0.39 is 0 Å². The van der Waals surface area contributed by atoms with Gasteiger partial charge < -0.3 is 9.72 Å². The highest BCUT2D eigenvalue weighted by molar-refractivity contribution is 7.07. The van der Waals surface area contributed by atoms with Gasteiger partial charge in [-0.15, -0.1) is 11.3 Å². The summed E-state index contributed by atoms with van der Waals surface area (Å²) < 4.78 is 6.28. The van der Waals surface area contributed by atoms with E-state index >= 15 is 0 Å². The summed E-state index contributed by atoms with van der Waals surface area (Å²) in [5.41, 5.74) is 3.42. The number of carbonyl (C=O) groups excluding carboxylic acids is 1. The molecule has 0 aliphatic heterocycles. The van der Waals surface area contributed by atoms with Gasteiger partial charge >= 0.3 is 0 Å². The smallest absolute Gasteiger partial charge is 0.266 e. The van der Waals surface area contributed by atoms with Gasteiger partial charge in [0.2, 0.25) is 0 Å². The van der Waals surface area contributed by atoms with Gasteiger partial charge in [0, 0.05) is 6.08 Å². The molecule has 1 heterocycles. The number of benzene rings is 3. The molecule has 4 rings (SSSR count). The number of ether oxygens (including phenoxy) is 1. The van der Waals surface area contributed by atoms with Crippen molar-refractivity contribution in [3.8, 4) is 16.9 Å². The Bertz CT molecular complexity index is 1350. The Morgan fingerprint density at radius 3 is 2.30 bits per heavy atom. The molecule has 148 valence electrons. The number of Topliss-reactive ketones (excluding diaryl/α,β-unsaturated/α-hetero) is 1. The first-order chi connectivity index (χ1) is 14.6. The van der Waals surface area contributed by atoms with Crippen molar-refractivity contribution < 1.29 is 9.53 Å². The topological polar surface area (TPSA) is 59.2 Å². The average molecular weight is 413 g/mol. The second kappa shape index (κ2) is 8.76. The molecule has 0 radical (unpaired) electrons. The van der Waals surface area contributed by atoms with Gasteiger partial charge in [-0.2, -0.15) is 0 Å². The Morgan fingerprint density at radius 2 is 1.57 bits per heavy atom. The van der Waals surface area contributed by atoms with Crippen LogP contribution in [0.3, 0.4) is 0 Å². The third kappa shape index (κ3) is 4.31.